The van der Waals surface area contributed by atoms with E-state index in [1.807, 2.05) is 0 Å². The van der Waals surface area contributed by atoms with Crippen LogP contribution in [0, 0.1) is 0 Å². The van der Waals surface area contributed by atoms with Crippen LogP contribution in [0.25, 0.3) is 0 Å². The maximum Gasteiger partial charge on any atom is 0.472 e. The molecule has 0 heterocycles. The molecule has 0 amide bonds. The highest BCUT2D eigenvalue weighted by atomic mass is 31.2. The summed E-state index contributed by atoms with van der Waals surface area (Å²) in [5.41, 5.74) is 0. The molecule has 1 fully saturated rings. The lowest BCUT2D eigenvalue weighted by Crippen LogP contribution is -2.64. The number of phosphoric acid groups is 1. The Morgan fingerprint density at radius 1 is 0.425 bits per heavy atom. The number of hydrogen-bond acceptors (Lipinski definition) is 12. The van der Waals surface area contributed by atoms with Gasteiger partial charge in [0, 0.05) is 12.8 Å². The molecular formula is C59H107O13P. The first-order valence-corrected chi connectivity index (χ1v) is 30.9. The van der Waals surface area contributed by atoms with Crippen molar-refractivity contribution >= 4 is 19.8 Å². The number of ether oxygens (including phenoxy) is 2. The Hall–Kier alpha value is -2.19. The van der Waals surface area contributed by atoms with Crippen LogP contribution in [-0.4, -0.2) is 98.3 Å². The lowest BCUT2D eigenvalue weighted by atomic mass is 9.85. The van der Waals surface area contributed by atoms with Crippen molar-refractivity contribution in [3.63, 3.8) is 0 Å². The van der Waals surface area contributed by atoms with Crippen LogP contribution in [0.15, 0.2) is 48.6 Å². The molecule has 0 aromatic rings. The molecule has 0 aromatic carbocycles. The van der Waals surface area contributed by atoms with E-state index in [1.54, 1.807) is 0 Å². The molecule has 6 N–H and O–H groups in total. The number of allylic oxidation sites excluding steroid dienone is 8. The van der Waals surface area contributed by atoms with Crippen molar-refractivity contribution in [2.75, 3.05) is 13.2 Å². The average molecular weight is 1060 g/mol. The largest absolute Gasteiger partial charge is 0.472 e. The standard InChI is InChI=1S/C59H107O13P/c1-3-5-7-9-11-13-15-17-19-21-23-25-26-28-30-32-34-36-38-40-42-44-46-48-53(61)71-51(50-70-73(67,68)72-59-57(65)55(63)54(62)56(64)58(59)66)49-69-52(60)47-45-43-41-39-37-35-33-31-29-27-24-22-20-18-16-14-12-10-8-6-4-2/h15-18,21-24,51,54-59,62-66H,3-14,19-20,25-50H2,1-2H3,(H,67,68)/b17-15-,18-16-,23-21-,24-22-. The lowest BCUT2D eigenvalue weighted by molar-refractivity contribution is -0.220. The molecule has 13 nitrogen and oxygen atoms in total. The van der Waals surface area contributed by atoms with Gasteiger partial charge >= 0.3 is 19.8 Å². The highest BCUT2D eigenvalue weighted by Crippen LogP contribution is 2.47. The second kappa shape index (κ2) is 48.2. The van der Waals surface area contributed by atoms with Crippen molar-refractivity contribution in [3.8, 4) is 0 Å². The maximum absolute atomic E-state index is 12.9. The van der Waals surface area contributed by atoms with E-state index >= 15 is 0 Å². The lowest BCUT2D eigenvalue weighted by Gasteiger charge is -2.41. The predicted molar refractivity (Wildman–Crippen MR) is 295 cm³/mol. The van der Waals surface area contributed by atoms with Gasteiger partial charge in [0.05, 0.1) is 6.61 Å². The molecule has 1 aliphatic rings. The van der Waals surface area contributed by atoms with Gasteiger partial charge in [-0.1, -0.05) is 217 Å². The second-order valence-corrected chi connectivity index (χ2v) is 21.9. The Morgan fingerprint density at radius 2 is 0.740 bits per heavy atom. The first-order valence-electron chi connectivity index (χ1n) is 29.4. The number of aliphatic hydroxyl groups is 5. The molecule has 0 spiro atoms. The zero-order valence-corrected chi connectivity index (χ0v) is 46.8. The van der Waals surface area contributed by atoms with E-state index in [0.29, 0.717) is 12.8 Å². The zero-order valence-electron chi connectivity index (χ0n) is 45.9. The third-order valence-electron chi connectivity index (χ3n) is 13.6. The number of carbonyl (C=O) groups is 2. The van der Waals surface area contributed by atoms with Crippen LogP contribution in [0.4, 0.5) is 0 Å². The Labute approximate surface area is 443 Å². The molecule has 0 aliphatic heterocycles. The molecule has 1 rings (SSSR count). The van der Waals surface area contributed by atoms with Crippen LogP contribution in [-0.2, 0) is 32.7 Å². The van der Waals surface area contributed by atoms with Crippen LogP contribution in [0.2, 0.25) is 0 Å². The van der Waals surface area contributed by atoms with Gasteiger partial charge in [0.1, 0.15) is 43.2 Å². The Kier molecular flexibility index (Phi) is 45.4. The number of hydrogen-bond donors (Lipinski definition) is 6. The number of phosphoric ester groups is 1. The van der Waals surface area contributed by atoms with Gasteiger partial charge in [0.15, 0.2) is 6.10 Å². The van der Waals surface area contributed by atoms with E-state index in [-0.39, 0.29) is 12.8 Å². The van der Waals surface area contributed by atoms with Crippen LogP contribution < -0.4 is 0 Å². The van der Waals surface area contributed by atoms with Gasteiger partial charge < -0.3 is 39.9 Å². The van der Waals surface area contributed by atoms with Gasteiger partial charge in [-0.05, 0) is 77.0 Å². The second-order valence-electron chi connectivity index (χ2n) is 20.5. The third kappa shape index (κ3) is 39.8. The van der Waals surface area contributed by atoms with Gasteiger partial charge in [0.2, 0.25) is 0 Å². The molecule has 0 saturated heterocycles. The summed E-state index contributed by atoms with van der Waals surface area (Å²) < 4.78 is 33.8. The van der Waals surface area contributed by atoms with Crippen LogP contribution in [0.1, 0.15) is 258 Å². The molecule has 14 heteroatoms. The Bertz CT molecular complexity index is 1450. The summed E-state index contributed by atoms with van der Waals surface area (Å²) in [6.45, 7) is 3.32. The highest BCUT2D eigenvalue weighted by molar-refractivity contribution is 7.47. The topological polar surface area (TPSA) is 210 Å². The van der Waals surface area contributed by atoms with Gasteiger partial charge in [0.25, 0.3) is 0 Å². The molecule has 0 aromatic heterocycles. The Balaban J connectivity index is 2.33. The number of carbonyl (C=O) groups excluding carboxylic acids is 2. The maximum atomic E-state index is 12.9. The van der Waals surface area contributed by atoms with E-state index in [1.165, 1.54) is 141 Å². The smallest absolute Gasteiger partial charge is 0.462 e. The molecule has 1 saturated carbocycles. The van der Waals surface area contributed by atoms with Crippen molar-refractivity contribution in [1.82, 2.24) is 0 Å². The summed E-state index contributed by atoms with van der Waals surface area (Å²) in [6.07, 6.45) is 47.2. The van der Waals surface area contributed by atoms with Crippen molar-refractivity contribution in [3.05, 3.63) is 48.6 Å². The predicted octanol–water partition coefficient (Wildman–Crippen LogP) is 13.9. The first-order chi connectivity index (χ1) is 35.4. The SMILES string of the molecule is CCCCCCC/C=C\C/C=C\CCCCCCCCCCCCCC(=O)OC(COC(=O)CCCCCCCCCCC/C=C\C/C=C\CCCCCCC)COP(=O)(O)OC1C(O)C(O)C(O)C(O)C1O. The fourth-order valence-electron chi connectivity index (χ4n) is 8.94. The first kappa shape index (κ1) is 68.8. The summed E-state index contributed by atoms with van der Waals surface area (Å²) in [7, 11) is -5.13. The van der Waals surface area contributed by atoms with Gasteiger partial charge in [-0.25, -0.2) is 4.57 Å². The molecule has 1 aliphatic carbocycles. The average Bonchev–Trinajstić information content (AvgIpc) is 3.37. The van der Waals surface area contributed by atoms with Crippen molar-refractivity contribution < 1.29 is 63.1 Å². The fourth-order valence-corrected chi connectivity index (χ4v) is 9.91. The molecule has 426 valence electrons. The van der Waals surface area contributed by atoms with E-state index < -0.39 is 75.7 Å². The van der Waals surface area contributed by atoms with Gasteiger partial charge in [-0.15, -0.1) is 0 Å². The number of aliphatic hydroxyl groups excluding tert-OH is 5. The number of esters is 2. The van der Waals surface area contributed by atoms with Crippen molar-refractivity contribution in [2.24, 2.45) is 0 Å². The summed E-state index contributed by atoms with van der Waals surface area (Å²) in [5.74, 6) is -1.10. The molecule has 6 atom stereocenters. The van der Waals surface area contributed by atoms with E-state index in [9.17, 15) is 44.6 Å². The minimum Gasteiger partial charge on any atom is -0.462 e. The number of unbranched alkanes of at least 4 members (excludes halogenated alkanes) is 30. The third-order valence-corrected chi connectivity index (χ3v) is 14.6. The normalized spacial score (nSPS) is 20.7. The molecule has 0 radical (unpaired) electrons. The quantitative estimate of drug-likeness (QED) is 0.0145. The molecular weight excluding hydrogens is 948 g/mol. The highest BCUT2D eigenvalue weighted by Gasteiger charge is 2.51. The van der Waals surface area contributed by atoms with E-state index in [0.717, 1.165) is 77.0 Å². The fraction of sp³-hybridized carbons (Fsp3) is 0.831. The molecule has 0 bridgehead atoms. The molecule has 6 unspecified atom stereocenters. The van der Waals surface area contributed by atoms with Gasteiger partial charge in [-0.2, -0.15) is 0 Å². The minimum absolute atomic E-state index is 0.0934. The summed E-state index contributed by atoms with van der Waals surface area (Å²) in [6, 6.07) is 0. The zero-order chi connectivity index (χ0) is 53.5. The molecule has 73 heavy (non-hydrogen) atoms. The van der Waals surface area contributed by atoms with Gasteiger partial charge in [-0.3, -0.25) is 18.6 Å². The summed E-state index contributed by atoms with van der Waals surface area (Å²) >= 11 is 0. The van der Waals surface area contributed by atoms with Crippen molar-refractivity contribution in [1.29, 1.82) is 0 Å². The van der Waals surface area contributed by atoms with E-state index in [2.05, 4.69) is 62.5 Å². The van der Waals surface area contributed by atoms with Crippen LogP contribution in [0.5, 0.6) is 0 Å². The van der Waals surface area contributed by atoms with Crippen molar-refractivity contribution in [2.45, 2.75) is 301 Å². The monoisotopic (exact) mass is 1050 g/mol. The summed E-state index contributed by atoms with van der Waals surface area (Å²) in [4.78, 5) is 36.0. The summed E-state index contributed by atoms with van der Waals surface area (Å²) in [5, 5.41) is 50.4. The van der Waals surface area contributed by atoms with Crippen LogP contribution in [0.3, 0.4) is 0 Å². The van der Waals surface area contributed by atoms with E-state index in [4.69, 9.17) is 18.5 Å². The Morgan fingerprint density at radius 3 is 1.11 bits per heavy atom. The minimum atomic E-state index is -5.13. The van der Waals surface area contributed by atoms with Crippen LogP contribution >= 0.6 is 7.82 Å². The number of rotatable bonds is 50.